The van der Waals surface area contributed by atoms with Gasteiger partial charge in [-0.2, -0.15) is 0 Å². The molecule has 1 N–H and O–H groups in total. The van der Waals surface area contributed by atoms with Gasteiger partial charge in [0.1, 0.15) is 22.9 Å². The van der Waals surface area contributed by atoms with E-state index in [2.05, 4.69) is 9.97 Å². The molecule has 0 spiro atoms. The highest BCUT2D eigenvalue weighted by Gasteiger charge is 2.43. The molecule has 1 aliphatic rings. The van der Waals surface area contributed by atoms with E-state index in [4.69, 9.17) is 16.3 Å². The Morgan fingerprint density at radius 3 is 2.55 bits per heavy atom. The minimum Gasteiger partial charge on any atom is -0.438 e. The lowest BCUT2D eigenvalue weighted by Gasteiger charge is -2.43. The largest absolute Gasteiger partial charge is 0.438 e. The first-order chi connectivity index (χ1) is 15.9. The Morgan fingerprint density at radius 2 is 1.91 bits per heavy atom. The van der Waals surface area contributed by atoms with Crippen LogP contribution in [0.2, 0.25) is 5.15 Å². The zero-order chi connectivity index (χ0) is 23.4. The number of cyclic esters (lactones) is 1. The number of aliphatic hydroxyl groups excluding tert-OH is 1. The van der Waals surface area contributed by atoms with Gasteiger partial charge in [-0.15, -0.1) is 0 Å². The van der Waals surface area contributed by atoms with Crippen LogP contribution in [0.5, 0.6) is 0 Å². The van der Waals surface area contributed by atoms with Crippen LogP contribution in [-0.2, 0) is 10.3 Å². The number of benzene rings is 2. The number of ether oxygens (including phenoxy) is 1. The van der Waals surface area contributed by atoms with Crippen molar-refractivity contribution < 1.29 is 19.0 Å². The lowest BCUT2D eigenvalue weighted by molar-refractivity contribution is -0.0680. The van der Waals surface area contributed by atoms with E-state index in [9.17, 15) is 14.3 Å². The van der Waals surface area contributed by atoms with Crippen LogP contribution in [0.3, 0.4) is 0 Å². The number of hydrogen-bond donors (Lipinski definition) is 1. The molecule has 0 aliphatic carbocycles. The molecule has 2 heterocycles. The number of aliphatic hydroxyl groups is 1. The molecule has 2 atom stereocenters. The van der Waals surface area contributed by atoms with Crippen LogP contribution in [0, 0.1) is 5.82 Å². The van der Waals surface area contributed by atoms with E-state index in [-0.39, 0.29) is 18.5 Å². The van der Waals surface area contributed by atoms with Crippen LogP contribution >= 0.6 is 11.6 Å². The Hall–Kier alpha value is -3.03. The van der Waals surface area contributed by atoms with Crippen LogP contribution in [0.25, 0.3) is 11.3 Å². The molecule has 0 bridgehead atoms. The van der Waals surface area contributed by atoms with E-state index in [1.807, 2.05) is 31.2 Å². The molecule has 1 unspecified atom stereocenters. The van der Waals surface area contributed by atoms with Gasteiger partial charge in [0.2, 0.25) is 0 Å². The van der Waals surface area contributed by atoms with E-state index >= 15 is 0 Å². The van der Waals surface area contributed by atoms with Gasteiger partial charge in [-0.05, 0) is 43.0 Å². The fourth-order valence-electron chi connectivity index (χ4n) is 4.27. The summed E-state index contributed by atoms with van der Waals surface area (Å²) >= 11 is 5.96. The van der Waals surface area contributed by atoms with Crippen LogP contribution in [-0.4, -0.2) is 39.2 Å². The van der Waals surface area contributed by atoms with Crippen molar-refractivity contribution in [2.24, 2.45) is 0 Å². The molecular formula is C25H25ClFN3O3. The normalized spacial score (nSPS) is 19.3. The summed E-state index contributed by atoms with van der Waals surface area (Å²) in [4.78, 5) is 22.9. The Balaban J connectivity index is 1.51. The van der Waals surface area contributed by atoms with Gasteiger partial charge in [-0.25, -0.2) is 19.2 Å². The molecule has 3 aromatic rings. The van der Waals surface area contributed by atoms with Gasteiger partial charge in [0.05, 0.1) is 11.7 Å². The number of carbonyl (C=O) groups excluding carboxylic acids is 1. The molecule has 2 aromatic carbocycles. The maximum atomic E-state index is 13.4. The zero-order valence-electron chi connectivity index (χ0n) is 18.2. The number of halogens is 2. The summed E-state index contributed by atoms with van der Waals surface area (Å²) in [5, 5.41) is 9.73. The summed E-state index contributed by atoms with van der Waals surface area (Å²) in [5.74, 6) is -0.346. The number of amides is 1. The van der Waals surface area contributed by atoms with E-state index in [0.717, 1.165) is 22.4 Å². The molecule has 6 nitrogen and oxygen atoms in total. The van der Waals surface area contributed by atoms with Crippen LogP contribution in [0.4, 0.5) is 9.18 Å². The molecule has 1 amide bonds. The zero-order valence-corrected chi connectivity index (χ0v) is 19.0. The Kier molecular flexibility index (Phi) is 6.91. The molecule has 8 heteroatoms. The summed E-state index contributed by atoms with van der Waals surface area (Å²) in [6, 6.07) is 15.3. The molecule has 1 aliphatic heterocycles. The monoisotopic (exact) mass is 469 g/mol. The lowest BCUT2D eigenvalue weighted by Crippen LogP contribution is -2.48. The third-order valence-electron chi connectivity index (χ3n) is 6.17. The predicted molar refractivity (Wildman–Crippen MR) is 123 cm³/mol. The van der Waals surface area contributed by atoms with E-state index in [0.29, 0.717) is 31.0 Å². The summed E-state index contributed by atoms with van der Waals surface area (Å²) in [6.45, 7) is 2.42. The highest BCUT2D eigenvalue weighted by Crippen LogP contribution is 2.40. The molecule has 1 saturated heterocycles. The number of aromatic nitrogens is 2. The van der Waals surface area contributed by atoms with E-state index < -0.39 is 11.7 Å². The molecule has 4 rings (SSSR count). The predicted octanol–water partition coefficient (Wildman–Crippen LogP) is 5.51. The second-order valence-electron chi connectivity index (χ2n) is 8.16. The highest BCUT2D eigenvalue weighted by molar-refractivity contribution is 6.29. The van der Waals surface area contributed by atoms with E-state index in [1.165, 1.54) is 18.5 Å². The van der Waals surface area contributed by atoms with Gasteiger partial charge in [0, 0.05) is 31.2 Å². The molecular weight excluding hydrogens is 445 g/mol. The van der Waals surface area contributed by atoms with Crippen molar-refractivity contribution in [3.05, 3.63) is 83.0 Å². The molecule has 0 saturated carbocycles. The smallest absolute Gasteiger partial charge is 0.411 e. The van der Waals surface area contributed by atoms with Crippen LogP contribution in [0.15, 0.2) is 60.9 Å². The molecule has 33 heavy (non-hydrogen) atoms. The quantitative estimate of drug-likeness (QED) is 0.462. The Labute approximate surface area is 197 Å². The molecule has 0 radical (unpaired) electrons. The van der Waals surface area contributed by atoms with Gasteiger partial charge >= 0.3 is 6.09 Å². The van der Waals surface area contributed by atoms with Crippen molar-refractivity contribution in [1.82, 2.24) is 14.9 Å². The third kappa shape index (κ3) is 4.99. The van der Waals surface area contributed by atoms with Crippen molar-refractivity contribution >= 4 is 17.7 Å². The maximum absolute atomic E-state index is 13.4. The van der Waals surface area contributed by atoms with Gasteiger partial charge in [-0.3, -0.25) is 0 Å². The van der Waals surface area contributed by atoms with Gasteiger partial charge in [-0.1, -0.05) is 48.0 Å². The fourth-order valence-corrected chi connectivity index (χ4v) is 4.41. The van der Waals surface area contributed by atoms with Gasteiger partial charge < -0.3 is 14.7 Å². The summed E-state index contributed by atoms with van der Waals surface area (Å²) in [6.07, 6.45) is 2.49. The number of rotatable bonds is 7. The summed E-state index contributed by atoms with van der Waals surface area (Å²) in [5.41, 5.74) is 2.45. The minimum absolute atomic E-state index is 0.00942. The maximum Gasteiger partial charge on any atom is 0.411 e. The van der Waals surface area contributed by atoms with Crippen LogP contribution in [0.1, 0.15) is 43.4 Å². The lowest BCUT2D eigenvalue weighted by atomic mass is 9.84. The molecule has 1 aromatic heterocycles. The summed E-state index contributed by atoms with van der Waals surface area (Å²) < 4.78 is 19.4. The summed E-state index contributed by atoms with van der Waals surface area (Å²) in [7, 11) is 0. The molecule has 1 fully saturated rings. The second-order valence-corrected chi connectivity index (χ2v) is 8.55. The van der Waals surface area contributed by atoms with E-state index in [1.54, 1.807) is 23.1 Å². The highest BCUT2D eigenvalue weighted by atomic mass is 35.5. The average Bonchev–Trinajstić information content (AvgIpc) is 2.83. The molecule has 172 valence electrons. The topological polar surface area (TPSA) is 75.6 Å². The number of carbonyl (C=O) groups is 1. The standard InChI is InChI=1S/C25H25ClFN3O3/c1-17(18-3-5-19(6-4-18)22-15-23(26)29-16-28-22)30-13-12-25(11-2-14-31,33-24(30)32)20-7-9-21(27)10-8-20/h3-10,15-17,31H,2,11-14H2,1H3/t17-,25?/m0/s1. The fraction of sp³-hybridized carbons (Fsp3) is 0.320. The first-order valence-corrected chi connectivity index (χ1v) is 11.2. The van der Waals surface area contributed by atoms with Gasteiger partial charge in [0.15, 0.2) is 0 Å². The van der Waals surface area contributed by atoms with Crippen molar-refractivity contribution in [2.45, 2.75) is 37.8 Å². The minimum atomic E-state index is -0.875. The SMILES string of the molecule is C[C@@H](c1ccc(-c2cc(Cl)ncn2)cc1)N1CCC(CCCO)(c2ccc(F)cc2)OC1=O. The van der Waals surface area contributed by atoms with Gasteiger partial charge in [0.25, 0.3) is 0 Å². The van der Waals surface area contributed by atoms with Crippen molar-refractivity contribution in [3.63, 3.8) is 0 Å². The first-order valence-electron chi connectivity index (χ1n) is 10.9. The second kappa shape index (κ2) is 9.85. The number of nitrogens with zero attached hydrogens (tertiary/aromatic N) is 3. The van der Waals surface area contributed by atoms with Crippen molar-refractivity contribution in [3.8, 4) is 11.3 Å². The first kappa shape index (κ1) is 23.1. The average molecular weight is 470 g/mol. The third-order valence-corrected chi connectivity index (χ3v) is 6.38. The van der Waals surface area contributed by atoms with Crippen molar-refractivity contribution in [2.75, 3.05) is 13.2 Å². The Morgan fingerprint density at radius 1 is 1.18 bits per heavy atom. The van der Waals surface area contributed by atoms with Crippen LogP contribution < -0.4 is 0 Å². The van der Waals surface area contributed by atoms with Crippen molar-refractivity contribution in [1.29, 1.82) is 0 Å². The number of hydrogen-bond acceptors (Lipinski definition) is 5. The Bertz CT molecular complexity index is 1110.